The van der Waals surface area contributed by atoms with Crippen molar-refractivity contribution in [2.75, 3.05) is 36.4 Å². The summed E-state index contributed by atoms with van der Waals surface area (Å²) in [5.74, 6) is 0.615. The second kappa shape index (κ2) is 8.97. The van der Waals surface area contributed by atoms with Crippen molar-refractivity contribution in [3.8, 4) is 0 Å². The molecule has 1 fully saturated rings. The number of amides is 1. The summed E-state index contributed by atoms with van der Waals surface area (Å²) in [5.41, 5.74) is 3.57. The zero-order valence-corrected chi connectivity index (χ0v) is 18.5. The summed E-state index contributed by atoms with van der Waals surface area (Å²) in [5, 5.41) is 6.46. The van der Waals surface area contributed by atoms with Gasteiger partial charge in [0.15, 0.2) is 5.13 Å². The number of benzene rings is 1. The van der Waals surface area contributed by atoms with Gasteiger partial charge in [0, 0.05) is 42.9 Å². The molecule has 1 amide bonds. The van der Waals surface area contributed by atoms with E-state index >= 15 is 0 Å². The Morgan fingerprint density at radius 3 is 2.50 bits per heavy atom. The molecule has 0 unspecified atom stereocenters. The summed E-state index contributed by atoms with van der Waals surface area (Å²) >= 11 is 7.75. The van der Waals surface area contributed by atoms with Gasteiger partial charge in [0.25, 0.3) is 0 Å². The summed E-state index contributed by atoms with van der Waals surface area (Å²) in [6.07, 6.45) is 0.290. The number of piperazine rings is 1. The first-order chi connectivity index (χ1) is 14.5. The molecule has 1 aromatic carbocycles. The molecule has 9 heteroatoms. The van der Waals surface area contributed by atoms with Gasteiger partial charge in [0.05, 0.1) is 22.8 Å². The summed E-state index contributed by atoms with van der Waals surface area (Å²) in [6, 6.07) is 9.74. The standard InChI is InChI=1S/C21H23ClN6OS/c1-14-11-15(2)24-20(23-14)26-21-25-16(13-30-21)12-19(29)28-9-7-27(8-10-28)18-6-4-3-5-17(18)22/h3-6,11,13H,7-10,12H2,1-2H3,(H,23,24,25,26). The smallest absolute Gasteiger partial charge is 0.229 e. The van der Waals surface area contributed by atoms with E-state index in [-0.39, 0.29) is 12.3 Å². The van der Waals surface area contributed by atoms with Crippen LogP contribution in [0.3, 0.4) is 0 Å². The summed E-state index contributed by atoms with van der Waals surface area (Å²) in [6.45, 7) is 6.74. The number of nitrogens with zero attached hydrogens (tertiary/aromatic N) is 5. The first kappa shape index (κ1) is 20.6. The van der Waals surface area contributed by atoms with Crippen molar-refractivity contribution in [2.24, 2.45) is 0 Å². The number of halogens is 1. The zero-order valence-electron chi connectivity index (χ0n) is 16.9. The van der Waals surface area contributed by atoms with Crippen molar-refractivity contribution in [1.29, 1.82) is 0 Å². The predicted molar refractivity (Wildman–Crippen MR) is 121 cm³/mol. The average molecular weight is 443 g/mol. The zero-order chi connectivity index (χ0) is 21.1. The molecule has 0 radical (unpaired) electrons. The molecule has 2 aromatic heterocycles. The normalized spacial score (nSPS) is 14.1. The molecule has 1 saturated heterocycles. The molecule has 3 heterocycles. The Labute approximate surface area is 184 Å². The van der Waals surface area contributed by atoms with E-state index in [1.165, 1.54) is 11.3 Å². The number of aromatic nitrogens is 3. The van der Waals surface area contributed by atoms with Crippen LogP contribution in [0.2, 0.25) is 5.02 Å². The lowest BCUT2D eigenvalue weighted by atomic mass is 10.2. The number of hydrogen-bond donors (Lipinski definition) is 1. The minimum atomic E-state index is 0.0910. The lowest BCUT2D eigenvalue weighted by Crippen LogP contribution is -2.49. The molecule has 30 heavy (non-hydrogen) atoms. The monoisotopic (exact) mass is 442 g/mol. The SMILES string of the molecule is Cc1cc(C)nc(Nc2nc(CC(=O)N3CCN(c4ccccc4Cl)CC3)cs2)n1. The van der Waals surface area contributed by atoms with Gasteiger partial charge in [-0.1, -0.05) is 23.7 Å². The van der Waals surface area contributed by atoms with Gasteiger partial charge < -0.3 is 15.1 Å². The molecule has 0 atom stereocenters. The predicted octanol–water partition coefficient (Wildman–Crippen LogP) is 3.84. The van der Waals surface area contributed by atoms with E-state index in [4.69, 9.17) is 11.6 Å². The van der Waals surface area contributed by atoms with Gasteiger partial charge in [-0.05, 0) is 32.0 Å². The fraction of sp³-hybridized carbons (Fsp3) is 0.333. The van der Waals surface area contributed by atoms with Gasteiger partial charge in [-0.25, -0.2) is 15.0 Å². The first-order valence-corrected chi connectivity index (χ1v) is 11.0. The quantitative estimate of drug-likeness (QED) is 0.647. The maximum absolute atomic E-state index is 12.7. The van der Waals surface area contributed by atoms with Gasteiger partial charge in [0.1, 0.15) is 0 Å². The Morgan fingerprint density at radius 2 is 1.80 bits per heavy atom. The average Bonchev–Trinajstić information content (AvgIpc) is 3.14. The molecule has 1 N–H and O–H groups in total. The number of para-hydroxylation sites is 1. The lowest BCUT2D eigenvalue weighted by molar-refractivity contribution is -0.130. The third kappa shape index (κ3) is 4.88. The summed E-state index contributed by atoms with van der Waals surface area (Å²) in [7, 11) is 0. The Kier molecular flexibility index (Phi) is 6.15. The second-order valence-electron chi connectivity index (χ2n) is 7.24. The number of anilines is 3. The third-order valence-electron chi connectivity index (χ3n) is 4.91. The molecule has 156 valence electrons. The maximum atomic E-state index is 12.7. The molecular weight excluding hydrogens is 420 g/mol. The van der Waals surface area contributed by atoms with Gasteiger partial charge in [0.2, 0.25) is 11.9 Å². The van der Waals surface area contributed by atoms with Crippen molar-refractivity contribution in [1.82, 2.24) is 19.9 Å². The minimum Gasteiger partial charge on any atom is -0.367 e. The minimum absolute atomic E-state index is 0.0910. The van der Waals surface area contributed by atoms with Crippen LogP contribution in [0.4, 0.5) is 16.8 Å². The highest BCUT2D eigenvalue weighted by Crippen LogP contribution is 2.26. The number of carbonyl (C=O) groups excluding carboxylic acids is 1. The maximum Gasteiger partial charge on any atom is 0.229 e. The van der Waals surface area contributed by atoms with E-state index in [1.807, 2.05) is 54.5 Å². The van der Waals surface area contributed by atoms with Crippen molar-refractivity contribution in [2.45, 2.75) is 20.3 Å². The number of carbonyl (C=O) groups is 1. The highest BCUT2D eigenvalue weighted by molar-refractivity contribution is 7.13. The van der Waals surface area contributed by atoms with Gasteiger partial charge in [-0.3, -0.25) is 4.79 Å². The van der Waals surface area contributed by atoms with Crippen molar-refractivity contribution >= 4 is 45.6 Å². The molecule has 1 aliphatic rings. The topological polar surface area (TPSA) is 74.2 Å². The molecule has 4 rings (SSSR count). The Balaban J connectivity index is 1.32. The number of hydrogen-bond acceptors (Lipinski definition) is 7. The molecule has 1 aliphatic heterocycles. The Hall–Kier alpha value is -2.71. The number of nitrogens with one attached hydrogen (secondary N) is 1. The highest BCUT2D eigenvalue weighted by Gasteiger charge is 2.23. The largest absolute Gasteiger partial charge is 0.367 e. The van der Waals surface area contributed by atoms with Crippen LogP contribution in [-0.4, -0.2) is 51.9 Å². The second-order valence-corrected chi connectivity index (χ2v) is 8.50. The summed E-state index contributed by atoms with van der Waals surface area (Å²) < 4.78 is 0. The molecule has 0 bridgehead atoms. The number of thiazole rings is 1. The molecule has 0 spiro atoms. The number of rotatable bonds is 5. The van der Waals surface area contributed by atoms with Gasteiger partial charge >= 0.3 is 0 Å². The van der Waals surface area contributed by atoms with E-state index in [0.29, 0.717) is 24.2 Å². The van der Waals surface area contributed by atoms with Crippen LogP contribution < -0.4 is 10.2 Å². The lowest BCUT2D eigenvalue weighted by Gasteiger charge is -2.36. The first-order valence-electron chi connectivity index (χ1n) is 9.79. The van der Waals surface area contributed by atoms with Crippen LogP contribution in [0, 0.1) is 13.8 Å². The van der Waals surface area contributed by atoms with Crippen LogP contribution in [0.25, 0.3) is 0 Å². The van der Waals surface area contributed by atoms with Crippen LogP contribution in [0.1, 0.15) is 17.1 Å². The Bertz CT molecular complexity index is 1030. The van der Waals surface area contributed by atoms with Gasteiger partial charge in [-0.2, -0.15) is 0 Å². The molecule has 0 saturated carbocycles. The molecular formula is C21H23ClN6OS. The van der Waals surface area contributed by atoms with Crippen molar-refractivity contribution < 1.29 is 4.79 Å². The van der Waals surface area contributed by atoms with E-state index in [9.17, 15) is 4.79 Å². The van der Waals surface area contributed by atoms with Crippen LogP contribution in [0.5, 0.6) is 0 Å². The van der Waals surface area contributed by atoms with E-state index in [1.54, 1.807) is 0 Å². The third-order valence-corrected chi connectivity index (χ3v) is 6.04. The molecule has 3 aromatic rings. The fourth-order valence-electron chi connectivity index (χ4n) is 3.49. The van der Waals surface area contributed by atoms with Gasteiger partial charge in [-0.15, -0.1) is 11.3 Å². The molecule has 7 nitrogen and oxygen atoms in total. The van der Waals surface area contributed by atoms with Crippen LogP contribution in [-0.2, 0) is 11.2 Å². The van der Waals surface area contributed by atoms with E-state index < -0.39 is 0 Å². The summed E-state index contributed by atoms with van der Waals surface area (Å²) in [4.78, 5) is 30.1. The molecule has 0 aliphatic carbocycles. The highest BCUT2D eigenvalue weighted by atomic mass is 35.5. The van der Waals surface area contributed by atoms with Crippen LogP contribution >= 0.6 is 22.9 Å². The van der Waals surface area contributed by atoms with Crippen molar-refractivity contribution in [3.63, 3.8) is 0 Å². The number of aryl methyl sites for hydroxylation is 2. The van der Waals surface area contributed by atoms with E-state index in [0.717, 1.165) is 40.9 Å². The van der Waals surface area contributed by atoms with E-state index in [2.05, 4.69) is 25.2 Å². The fourth-order valence-corrected chi connectivity index (χ4v) is 4.45. The van der Waals surface area contributed by atoms with Crippen molar-refractivity contribution in [3.05, 3.63) is 57.8 Å². The van der Waals surface area contributed by atoms with Crippen LogP contribution in [0.15, 0.2) is 35.7 Å². The Morgan fingerprint density at radius 1 is 1.10 bits per heavy atom.